The molecule has 2 N–H and O–H groups in total. The summed E-state index contributed by atoms with van der Waals surface area (Å²) in [5.41, 5.74) is 1.30. The third-order valence-electron chi connectivity index (χ3n) is 3.22. The molecule has 0 saturated heterocycles. The van der Waals surface area contributed by atoms with Gasteiger partial charge < -0.3 is 10.3 Å². The molecule has 0 radical (unpaired) electrons. The number of hydrogen-bond donors (Lipinski definition) is 2. The average molecular weight is 325 g/mol. The van der Waals surface area contributed by atoms with E-state index in [0.29, 0.717) is 22.5 Å². The molecule has 0 aliphatic rings. The van der Waals surface area contributed by atoms with E-state index in [1.54, 1.807) is 6.07 Å². The second-order valence-corrected chi connectivity index (χ2v) is 6.01. The summed E-state index contributed by atoms with van der Waals surface area (Å²) in [6, 6.07) is 14.8. The maximum atomic E-state index is 12.1. The summed E-state index contributed by atoms with van der Waals surface area (Å²) in [7, 11) is 0. The topological polar surface area (TPSA) is 74.8 Å². The lowest BCUT2D eigenvalue weighted by atomic mass is 10.2. The van der Waals surface area contributed by atoms with Crippen LogP contribution >= 0.6 is 11.8 Å². The number of nitrogens with zero attached hydrogens (tertiary/aromatic N) is 1. The van der Waals surface area contributed by atoms with Crippen LogP contribution < -0.4 is 10.9 Å². The van der Waals surface area contributed by atoms with Gasteiger partial charge in [0.15, 0.2) is 0 Å². The predicted octanol–water partition coefficient (Wildman–Crippen LogP) is 3.17. The van der Waals surface area contributed by atoms with Crippen molar-refractivity contribution in [2.45, 2.75) is 17.6 Å². The van der Waals surface area contributed by atoms with Crippen LogP contribution in [0, 0.1) is 0 Å². The normalized spacial score (nSPS) is 10.7. The monoisotopic (exact) mass is 325 g/mol. The molecule has 0 unspecified atom stereocenters. The van der Waals surface area contributed by atoms with Gasteiger partial charge in [-0.2, -0.15) is 0 Å². The van der Waals surface area contributed by atoms with Crippen molar-refractivity contribution in [2.24, 2.45) is 0 Å². The van der Waals surface area contributed by atoms with Crippen LogP contribution in [-0.2, 0) is 10.5 Å². The van der Waals surface area contributed by atoms with Gasteiger partial charge in [-0.05, 0) is 24.3 Å². The highest BCUT2D eigenvalue weighted by atomic mass is 32.2. The number of fused-ring (bicyclic) bond motifs is 1. The first-order chi connectivity index (χ1) is 11.1. The van der Waals surface area contributed by atoms with Crippen LogP contribution in [0.2, 0.25) is 0 Å². The van der Waals surface area contributed by atoms with Crippen LogP contribution in [0.25, 0.3) is 10.9 Å². The number of anilines is 1. The standard InChI is InChI=1S/C17H15N3O2S/c1-11(21)18-14-8-4-5-9-15(14)23-10-16-19-13-7-3-2-6-12(13)17(22)20-16/h2-9H,10H2,1H3,(H,18,21)(H,19,20,22). The Kier molecular flexibility index (Phi) is 4.43. The molecule has 1 heterocycles. The molecule has 23 heavy (non-hydrogen) atoms. The molecule has 0 aliphatic carbocycles. The van der Waals surface area contributed by atoms with Gasteiger partial charge in [-0.1, -0.05) is 24.3 Å². The first-order valence-electron chi connectivity index (χ1n) is 7.11. The summed E-state index contributed by atoms with van der Waals surface area (Å²) in [4.78, 5) is 31.5. The van der Waals surface area contributed by atoms with Crippen molar-refractivity contribution < 1.29 is 4.79 Å². The summed E-state index contributed by atoms with van der Waals surface area (Å²) in [6.07, 6.45) is 0. The lowest BCUT2D eigenvalue weighted by Gasteiger charge is -2.09. The lowest BCUT2D eigenvalue weighted by molar-refractivity contribution is -0.114. The molecule has 2 aromatic carbocycles. The first-order valence-corrected chi connectivity index (χ1v) is 8.09. The van der Waals surface area contributed by atoms with Crippen LogP contribution in [0.5, 0.6) is 0 Å². The molecule has 1 amide bonds. The smallest absolute Gasteiger partial charge is 0.258 e. The van der Waals surface area contributed by atoms with Crippen LogP contribution in [0.3, 0.4) is 0 Å². The zero-order valence-electron chi connectivity index (χ0n) is 12.5. The number of carbonyl (C=O) groups excluding carboxylic acids is 1. The van der Waals surface area contributed by atoms with E-state index in [1.165, 1.54) is 18.7 Å². The number of aromatic amines is 1. The predicted molar refractivity (Wildman–Crippen MR) is 92.7 cm³/mol. The summed E-state index contributed by atoms with van der Waals surface area (Å²) in [6.45, 7) is 1.48. The van der Waals surface area contributed by atoms with E-state index in [0.717, 1.165) is 10.6 Å². The van der Waals surface area contributed by atoms with E-state index in [-0.39, 0.29) is 11.5 Å². The van der Waals surface area contributed by atoms with E-state index in [1.807, 2.05) is 42.5 Å². The fraction of sp³-hybridized carbons (Fsp3) is 0.118. The molecule has 0 spiro atoms. The molecular weight excluding hydrogens is 310 g/mol. The Morgan fingerprint density at radius 3 is 2.74 bits per heavy atom. The largest absolute Gasteiger partial charge is 0.325 e. The van der Waals surface area contributed by atoms with Gasteiger partial charge in [0.25, 0.3) is 5.56 Å². The van der Waals surface area contributed by atoms with Gasteiger partial charge in [0.1, 0.15) is 5.82 Å². The van der Waals surface area contributed by atoms with Gasteiger partial charge in [0, 0.05) is 11.8 Å². The van der Waals surface area contributed by atoms with Gasteiger partial charge in [-0.15, -0.1) is 11.8 Å². The third kappa shape index (κ3) is 3.60. The highest BCUT2D eigenvalue weighted by Gasteiger charge is 2.07. The summed E-state index contributed by atoms with van der Waals surface area (Å²) in [5, 5.41) is 3.38. The molecule has 6 heteroatoms. The molecule has 116 valence electrons. The van der Waals surface area contributed by atoms with Gasteiger partial charge in [0.2, 0.25) is 5.91 Å². The van der Waals surface area contributed by atoms with Crippen molar-refractivity contribution >= 4 is 34.3 Å². The maximum absolute atomic E-state index is 12.1. The minimum atomic E-state index is -0.138. The highest BCUT2D eigenvalue weighted by Crippen LogP contribution is 2.29. The van der Waals surface area contributed by atoms with E-state index in [9.17, 15) is 9.59 Å². The van der Waals surface area contributed by atoms with Crippen LogP contribution in [0.1, 0.15) is 12.7 Å². The van der Waals surface area contributed by atoms with Crippen molar-refractivity contribution in [2.75, 3.05) is 5.32 Å². The van der Waals surface area contributed by atoms with Crippen molar-refractivity contribution in [1.82, 2.24) is 9.97 Å². The Balaban J connectivity index is 1.84. The number of amides is 1. The van der Waals surface area contributed by atoms with Crippen molar-refractivity contribution in [3.05, 3.63) is 64.7 Å². The molecule has 0 aliphatic heterocycles. The van der Waals surface area contributed by atoms with Crippen LogP contribution in [0.15, 0.2) is 58.2 Å². The minimum Gasteiger partial charge on any atom is -0.325 e. The lowest BCUT2D eigenvalue weighted by Crippen LogP contribution is -2.11. The minimum absolute atomic E-state index is 0.115. The maximum Gasteiger partial charge on any atom is 0.258 e. The fourth-order valence-corrected chi connectivity index (χ4v) is 3.11. The zero-order chi connectivity index (χ0) is 16.2. The number of nitrogens with one attached hydrogen (secondary N) is 2. The van der Waals surface area contributed by atoms with Gasteiger partial charge in [0.05, 0.1) is 22.3 Å². The first kappa shape index (κ1) is 15.3. The molecular formula is C17H15N3O2S. The molecule has 0 atom stereocenters. The number of rotatable bonds is 4. The van der Waals surface area contributed by atoms with Crippen molar-refractivity contribution in [1.29, 1.82) is 0 Å². The molecule has 3 rings (SSSR count). The van der Waals surface area contributed by atoms with Crippen molar-refractivity contribution in [3.63, 3.8) is 0 Å². The fourth-order valence-electron chi connectivity index (χ4n) is 2.23. The summed E-state index contributed by atoms with van der Waals surface area (Å²) in [5.74, 6) is 1.00. The Morgan fingerprint density at radius 2 is 1.91 bits per heavy atom. The van der Waals surface area contributed by atoms with E-state index in [4.69, 9.17) is 0 Å². The Hall–Kier alpha value is -2.60. The molecule has 1 aromatic heterocycles. The number of thioether (sulfide) groups is 1. The Labute approximate surface area is 137 Å². The van der Waals surface area contributed by atoms with Gasteiger partial charge in [-0.25, -0.2) is 4.98 Å². The third-order valence-corrected chi connectivity index (χ3v) is 4.31. The molecule has 0 saturated carbocycles. The van der Waals surface area contributed by atoms with Gasteiger partial charge in [-0.3, -0.25) is 9.59 Å². The Bertz CT molecular complexity index is 921. The number of para-hydroxylation sites is 2. The molecule has 3 aromatic rings. The van der Waals surface area contributed by atoms with Crippen LogP contribution in [-0.4, -0.2) is 15.9 Å². The van der Waals surface area contributed by atoms with E-state index >= 15 is 0 Å². The van der Waals surface area contributed by atoms with Gasteiger partial charge >= 0.3 is 0 Å². The quantitative estimate of drug-likeness (QED) is 0.723. The Morgan fingerprint density at radius 1 is 1.17 bits per heavy atom. The number of hydrogen-bond acceptors (Lipinski definition) is 4. The molecule has 5 nitrogen and oxygen atoms in total. The summed E-state index contributed by atoms with van der Waals surface area (Å²) >= 11 is 1.51. The average Bonchev–Trinajstić information content (AvgIpc) is 2.54. The van der Waals surface area contributed by atoms with Crippen LogP contribution in [0.4, 0.5) is 5.69 Å². The number of benzene rings is 2. The number of carbonyl (C=O) groups is 1. The van der Waals surface area contributed by atoms with Crippen molar-refractivity contribution in [3.8, 4) is 0 Å². The highest BCUT2D eigenvalue weighted by molar-refractivity contribution is 7.98. The van der Waals surface area contributed by atoms with E-state index in [2.05, 4.69) is 15.3 Å². The zero-order valence-corrected chi connectivity index (χ0v) is 13.3. The number of H-pyrrole nitrogens is 1. The summed E-state index contributed by atoms with van der Waals surface area (Å²) < 4.78 is 0. The SMILES string of the molecule is CC(=O)Nc1ccccc1SCc1nc2ccccc2c(=O)[nH]1. The number of aromatic nitrogens is 2. The van der Waals surface area contributed by atoms with E-state index < -0.39 is 0 Å². The second kappa shape index (κ2) is 6.66. The second-order valence-electron chi connectivity index (χ2n) is 5.00. The molecule has 0 bridgehead atoms. The molecule has 0 fully saturated rings.